The first kappa shape index (κ1) is 11.0. The van der Waals surface area contributed by atoms with E-state index in [9.17, 15) is 0 Å². The first-order valence-electron chi connectivity index (χ1n) is 5.43. The fourth-order valence-electron chi connectivity index (χ4n) is 1.73. The van der Waals surface area contributed by atoms with Gasteiger partial charge in [0.15, 0.2) is 11.6 Å². The molecule has 4 nitrogen and oxygen atoms in total. The molecule has 0 atom stereocenters. The van der Waals surface area contributed by atoms with Crippen LogP contribution in [0.15, 0.2) is 29.2 Å². The van der Waals surface area contributed by atoms with Crippen LogP contribution in [-0.4, -0.2) is 9.97 Å². The van der Waals surface area contributed by atoms with Gasteiger partial charge in [0.2, 0.25) is 0 Å². The molecule has 18 heavy (non-hydrogen) atoms. The molecular weight excluding hydrogens is 246 g/mol. The summed E-state index contributed by atoms with van der Waals surface area (Å²) >= 11 is 1.54. The second kappa shape index (κ2) is 3.96. The Morgan fingerprint density at radius 2 is 2.22 bits per heavy atom. The summed E-state index contributed by atoms with van der Waals surface area (Å²) in [5, 5.41) is 0.863. The minimum Gasteiger partial charge on any atom is -0.458 e. The van der Waals surface area contributed by atoms with Gasteiger partial charge in [-0.2, -0.15) is 0 Å². The number of nitrogens with two attached hydrogens (primary N) is 1. The Morgan fingerprint density at radius 3 is 2.89 bits per heavy atom. The highest BCUT2D eigenvalue weighted by atomic mass is 32.1. The van der Waals surface area contributed by atoms with Gasteiger partial charge in [0.05, 0.1) is 5.39 Å². The fourth-order valence-corrected chi connectivity index (χ4v) is 2.62. The van der Waals surface area contributed by atoms with Crippen LogP contribution in [0, 0.1) is 6.92 Å². The molecule has 0 fully saturated rings. The van der Waals surface area contributed by atoms with Crippen LogP contribution in [0.25, 0.3) is 27.9 Å². The molecular formula is C13H11N3OS. The lowest BCUT2D eigenvalue weighted by molar-refractivity contribution is 0.544. The van der Waals surface area contributed by atoms with Crippen molar-refractivity contribution in [3.8, 4) is 11.6 Å². The Hall–Kier alpha value is -2.14. The van der Waals surface area contributed by atoms with Crippen molar-refractivity contribution in [1.82, 2.24) is 9.97 Å². The molecule has 0 aliphatic rings. The van der Waals surface area contributed by atoms with Crippen LogP contribution in [0.3, 0.4) is 0 Å². The molecule has 0 radical (unpaired) electrons. The van der Waals surface area contributed by atoms with E-state index in [1.54, 1.807) is 6.08 Å². The van der Waals surface area contributed by atoms with E-state index in [2.05, 4.69) is 16.5 Å². The second-order valence-electron chi connectivity index (χ2n) is 3.91. The lowest BCUT2D eigenvalue weighted by atomic mass is 10.3. The molecule has 0 saturated heterocycles. The number of hydrogen-bond acceptors (Lipinski definition) is 5. The van der Waals surface area contributed by atoms with Crippen LogP contribution in [0.4, 0.5) is 5.82 Å². The average Bonchev–Trinajstić information content (AvgIpc) is 2.94. The molecule has 2 N–H and O–H groups in total. The molecule has 0 spiro atoms. The van der Waals surface area contributed by atoms with Gasteiger partial charge in [0.25, 0.3) is 0 Å². The van der Waals surface area contributed by atoms with Gasteiger partial charge in [-0.05, 0) is 25.1 Å². The molecule has 0 unspecified atom stereocenters. The number of hydrogen-bond donors (Lipinski definition) is 1. The van der Waals surface area contributed by atoms with Crippen LogP contribution >= 0.6 is 11.3 Å². The maximum atomic E-state index is 5.95. The van der Waals surface area contributed by atoms with Crippen molar-refractivity contribution in [2.75, 3.05) is 5.73 Å². The fraction of sp³-hybridized carbons (Fsp3) is 0.0769. The molecule has 0 aliphatic carbocycles. The molecule has 0 aliphatic heterocycles. The number of aromatic nitrogens is 2. The monoisotopic (exact) mass is 257 g/mol. The van der Waals surface area contributed by atoms with Gasteiger partial charge in [-0.3, -0.25) is 0 Å². The first-order chi connectivity index (χ1) is 8.67. The summed E-state index contributed by atoms with van der Waals surface area (Å²) in [7, 11) is 0. The molecule has 90 valence electrons. The summed E-state index contributed by atoms with van der Waals surface area (Å²) in [6, 6.07) is 5.67. The predicted molar refractivity (Wildman–Crippen MR) is 74.4 cm³/mol. The van der Waals surface area contributed by atoms with Crippen molar-refractivity contribution in [3.63, 3.8) is 0 Å². The van der Waals surface area contributed by atoms with Gasteiger partial charge in [0, 0.05) is 4.88 Å². The molecule has 0 saturated carbocycles. The Kier molecular flexibility index (Phi) is 2.41. The Bertz CT molecular complexity index is 742. The summed E-state index contributed by atoms with van der Waals surface area (Å²) in [4.78, 5) is 10.6. The number of aryl methyl sites for hydroxylation is 1. The Morgan fingerprint density at radius 1 is 1.39 bits per heavy atom. The standard InChI is InChI=1S/C13H11N3OS/c1-3-8-6-9-11(14)15-12(16-13(9)18-8)10-5-4-7(2)17-10/h3-6H,1H2,2H3,(H2,14,15,16). The number of fused-ring (bicyclic) bond motifs is 1. The third-order valence-corrected chi connectivity index (χ3v) is 3.63. The lowest BCUT2D eigenvalue weighted by Gasteiger charge is -1.99. The van der Waals surface area contributed by atoms with Gasteiger partial charge in [-0.1, -0.05) is 12.7 Å². The lowest BCUT2D eigenvalue weighted by Crippen LogP contribution is -1.95. The third kappa shape index (κ3) is 1.69. The summed E-state index contributed by atoms with van der Waals surface area (Å²) in [5.74, 6) is 2.44. The zero-order valence-corrected chi connectivity index (χ0v) is 10.6. The van der Waals surface area contributed by atoms with E-state index < -0.39 is 0 Å². The molecule has 0 aromatic carbocycles. The van der Waals surface area contributed by atoms with Gasteiger partial charge in [0.1, 0.15) is 16.4 Å². The van der Waals surface area contributed by atoms with E-state index in [-0.39, 0.29) is 0 Å². The maximum absolute atomic E-state index is 5.95. The number of thiophene rings is 1. The van der Waals surface area contributed by atoms with E-state index >= 15 is 0 Å². The minimum atomic E-state index is 0.466. The molecule has 0 amide bonds. The minimum absolute atomic E-state index is 0.466. The van der Waals surface area contributed by atoms with E-state index in [1.165, 1.54) is 11.3 Å². The van der Waals surface area contributed by atoms with Crippen molar-refractivity contribution in [1.29, 1.82) is 0 Å². The number of rotatable bonds is 2. The van der Waals surface area contributed by atoms with Gasteiger partial charge >= 0.3 is 0 Å². The Labute approximate surface area is 108 Å². The van der Waals surface area contributed by atoms with E-state index in [1.807, 2.05) is 25.1 Å². The second-order valence-corrected chi connectivity index (χ2v) is 4.98. The van der Waals surface area contributed by atoms with Crippen molar-refractivity contribution >= 4 is 33.4 Å². The van der Waals surface area contributed by atoms with E-state index in [0.29, 0.717) is 17.4 Å². The van der Waals surface area contributed by atoms with Crippen molar-refractivity contribution in [2.45, 2.75) is 6.92 Å². The van der Waals surface area contributed by atoms with Crippen LogP contribution in [0.2, 0.25) is 0 Å². The highest BCUT2D eigenvalue weighted by Gasteiger charge is 2.12. The predicted octanol–water partition coefficient (Wildman–Crippen LogP) is 3.48. The zero-order valence-electron chi connectivity index (χ0n) is 9.80. The molecule has 3 aromatic heterocycles. The summed E-state index contributed by atoms with van der Waals surface area (Å²) in [6.07, 6.45) is 1.78. The van der Waals surface area contributed by atoms with Crippen LogP contribution in [0.5, 0.6) is 0 Å². The number of furan rings is 1. The average molecular weight is 257 g/mol. The molecule has 0 bridgehead atoms. The summed E-state index contributed by atoms with van der Waals surface area (Å²) < 4.78 is 5.51. The van der Waals surface area contributed by atoms with Crippen molar-refractivity contribution in [2.24, 2.45) is 0 Å². The zero-order chi connectivity index (χ0) is 12.7. The number of anilines is 1. The first-order valence-corrected chi connectivity index (χ1v) is 6.25. The van der Waals surface area contributed by atoms with Gasteiger partial charge in [-0.15, -0.1) is 11.3 Å². The SMILES string of the molecule is C=Cc1cc2c(N)nc(-c3ccc(C)o3)nc2s1. The van der Waals surface area contributed by atoms with Crippen LogP contribution in [-0.2, 0) is 0 Å². The smallest absolute Gasteiger partial charge is 0.199 e. The van der Waals surface area contributed by atoms with Crippen molar-refractivity contribution < 1.29 is 4.42 Å². The topological polar surface area (TPSA) is 64.9 Å². The van der Waals surface area contributed by atoms with E-state index in [0.717, 1.165) is 20.9 Å². The normalized spacial score (nSPS) is 10.9. The van der Waals surface area contributed by atoms with Gasteiger partial charge < -0.3 is 10.2 Å². The van der Waals surface area contributed by atoms with Crippen LogP contribution < -0.4 is 5.73 Å². The van der Waals surface area contributed by atoms with Crippen molar-refractivity contribution in [3.05, 3.63) is 35.4 Å². The summed E-state index contributed by atoms with van der Waals surface area (Å²) in [5.41, 5.74) is 5.95. The highest BCUT2D eigenvalue weighted by molar-refractivity contribution is 7.19. The van der Waals surface area contributed by atoms with Gasteiger partial charge in [-0.25, -0.2) is 9.97 Å². The van der Waals surface area contributed by atoms with Crippen LogP contribution in [0.1, 0.15) is 10.6 Å². The molecule has 3 rings (SSSR count). The number of nitrogens with zero attached hydrogens (tertiary/aromatic N) is 2. The molecule has 3 aromatic rings. The van der Waals surface area contributed by atoms with E-state index in [4.69, 9.17) is 10.2 Å². The number of nitrogen functional groups attached to an aromatic ring is 1. The summed E-state index contributed by atoms with van der Waals surface area (Å²) in [6.45, 7) is 5.62. The quantitative estimate of drug-likeness (QED) is 0.763. The molecule has 5 heteroatoms. The molecule has 3 heterocycles. The Balaban J connectivity index is 2.23. The largest absolute Gasteiger partial charge is 0.458 e. The maximum Gasteiger partial charge on any atom is 0.199 e. The highest BCUT2D eigenvalue weighted by Crippen LogP contribution is 2.30. The third-order valence-electron chi connectivity index (χ3n) is 2.60.